The molecule has 0 amide bonds. The second kappa shape index (κ2) is 2.88. The third-order valence-corrected chi connectivity index (χ3v) is 3.12. The standard InChI is InChI=1S/C9H5ClOS/c10-9-7(5-11)6-3-1-2-4-8(6)12-9/h1-5H. The molecule has 2 aromatic rings. The van der Waals surface area contributed by atoms with E-state index >= 15 is 0 Å². The van der Waals surface area contributed by atoms with Gasteiger partial charge in [0.1, 0.15) is 4.34 Å². The van der Waals surface area contributed by atoms with Crippen molar-refractivity contribution in [1.82, 2.24) is 0 Å². The smallest absolute Gasteiger partial charge is 0.153 e. The third kappa shape index (κ3) is 1.04. The maximum atomic E-state index is 10.6. The quantitative estimate of drug-likeness (QED) is 0.640. The fraction of sp³-hybridized carbons (Fsp3) is 0. The van der Waals surface area contributed by atoms with Gasteiger partial charge in [-0.25, -0.2) is 0 Å². The summed E-state index contributed by atoms with van der Waals surface area (Å²) in [7, 11) is 0. The molecule has 0 N–H and O–H groups in total. The average Bonchev–Trinajstić information content (AvgIpc) is 2.40. The molecule has 1 heterocycles. The van der Waals surface area contributed by atoms with Crippen LogP contribution >= 0.6 is 22.9 Å². The Hall–Kier alpha value is -0.860. The summed E-state index contributed by atoms with van der Waals surface area (Å²) in [4.78, 5) is 10.6. The van der Waals surface area contributed by atoms with E-state index in [1.807, 2.05) is 24.3 Å². The van der Waals surface area contributed by atoms with E-state index in [4.69, 9.17) is 11.6 Å². The lowest BCUT2D eigenvalue weighted by Crippen LogP contribution is -1.74. The van der Waals surface area contributed by atoms with Gasteiger partial charge in [-0.1, -0.05) is 29.8 Å². The molecule has 3 heteroatoms. The van der Waals surface area contributed by atoms with Crippen molar-refractivity contribution in [2.45, 2.75) is 0 Å². The molecule has 0 aliphatic carbocycles. The molecule has 0 aliphatic heterocycles. The van der Waals surface area contributed by atoms with E-state index in [0.29, 0.717) is 9.90 Å². The van der Waals surface area contributed by atoms with E-state index in [1.54, 1.807) is 0 Å². The molecule has 0 aliphatic rings. The van der Waals surface area contributed by atoms with Crippen LogP contribution in [0.1, 0.15) is 10.4 Å². The molecule has 0 saturated heterocycles. The van der Waals surface area contributed by atoms with Gasteiger partial charge in [-0.3, -0.25) is 4.79 Å². The first kappa shape index (κ1) is 7.77. The third-order valence-electron chi connectivity index (χ3n) is 1.71. The molecular weight excluding hydrogens is 192 g/mol. The molecule has 0 spiro atoms. The van der Waals surface area contributed by atoms with E-state index < -0.39 is 0 Å². The van der Waals surface area contributed by atoms with Crippen LogP contribution in [-0.2, 0) is 0 Å². The molecule has 0 fully saturated rings. The molecule has 1 aromatic heterocycles. The molecule has 0 radical (unpaired) electrons. The number of halogens is 1. The van der Waals surface area contributed by atoms with Crippen LogP contribution < -0.4 is 0 Å². The van der Waals surface area contributed by atoms with Crippen molar-refractivity contribution in [1.29, 1.82) is 0 Å². The summed E-state index contributed by atoms with van der Waals surface area (Å²) in [6.07, 6.45) is 0.807. The molecule has 0 unspecified atom stereocenters. The first-order valence-corrected chi connectivity index (χ1v) is 4.64. The van der Waals surface area contributed by atoms with E-state index in [0.717, 1.165) is 16.4 Å². The van der Waals surface area contributed by atoms with Crippen molar-refractivity contribution >= 4 is 39.3 Å². The van der Waals surface area contributed by atoms with Crippen LogP contribution in [0.3, 0.4) is 0 Å². The molecule has 12 heavy (non-hydrogen) atoms. The fourth-order valence-corrected chi connectivity index (χ4v) is 2.44. The van der Waals surface area contributed by atoms with Crippen molar-refractivity contribution in [3.05, 3.63) is 34.2 Å². The van der Waals surface area contributed by atoms with Gasteiger partial charge >= 0.3 is 0 Å². The first-order chi connectivity index (χ1) is 5.83. The number of hydrogen-bond donors (Lipinski definition) is 0. The number of aldehydes is 1. The van der Waals surface area contributed by atoms with Crippen molar-refractivity contribution in [2.75, 3.05) is 0 Å². The minimum Gasteiger partial charge on any atom is -0.298 e. The number of fused-ring (bicyclic) bond motifs is 1. The molecule has 1 nitrogen and oxygen atoms in total. The van der Waals surface area contributed by atoms with E-state index in [1.165, 1.54) is 11.3 Å². The van der Waals surface area contributed by atoms with Gasteiger partial charge in [-0.05, 0) is 6.07 Å². The van der Waals surface area contributed by atoms with E-state index in [-0.39, 0.29) is 0 Å². The van der Waals surface area contributed by atoms with Crippen molar-refractivity contribution in [3.8, 4) is 0 Å². The predicted octanol–water partition coefficient (Wildman–Crippen LogP) is 3.37. The largest absolute Gasteiger partial charge is 0.298 e. The Balaban J connectivity index is 2.90. The minimum atomic E-state index is 0.575. The van der Waals surface area contributed by atoms with E-state index in [2.05, 4.69) is 0 Å². The number of benzene rings is 1. The summed E-state index contributed by atoms with van der Waals surface area (Å²) in [6, 6.07) is 7.70. The topological polar surface area (TPSA) is 17.1 Å². The Morgan fingerprint density at radius 3 is 2.83 bits per heavy atom. The Bertz CT molecular complexity index is 433. The summed E-state index contributed by atoms with van der Waals surface area (Å²) in [6.45, 7) is 0. The summed E-state index contributed by atoms with van der Waals surface area (Å²) < 4.78 is 1.64. The number of rotatable bonds is 1. The predicted molar refractivity (Wildman–Crippen MR) is 52.2 cm³/mol. The average molecular weight is 197 g/mol. The Morgan fingerprint density at radius 2 is 2.08 bits per heavy atom. The van der Waals surface area contributed by atoms with Crippen LogP contribution in [0.5, 0.6) is 0 Å². The van der Waals surface area contributed by atoms with Crippen LogP contribution in [-0.4, -0.2) is 6.29 Å². The van der Waals surface area contributed by atoms with Crippen LogP contribution in [0.25, 0.3) is 10.1 Å². The monoisotopic (exact) mass is 196 g/mol. The normalized spacial score (nSPS) is 10.4. The summed E-state index contributed by atoms with van der Waals surface area (Å²) in [5.41, 5.74) is 0.609. The lowest BCUT2D eigenvalue weighted by molar-refractivity contribution is 0.112. The van der Waals surface area contributed by atoms with Gasteiger partial charge in [0.15, 0.2) is 6.29 Å². The highest BCUT2D eigenvalue weighted by Gasteiger charge is 2.07. The molecule has 2 rings (SSSR count). The summed E-state index contributed by atoms with van der Waals surface area (Å²) in [5.74, 6) is 0. The van der Waals surface area contributed by atoms with Gasteiger partial charge in [0, 0.05) is 10.1 Å². The van der Waals surface area contributed by atoms with Crippen molar-refractivity contribution in [3.63, 3.8) is 0 Å². The number of carbonyl (C=O) groups is 1. The van der Waals surface area contributed by atoms with Gasteiger partial charge < -0.3 is 0 Å². The highest BCUT2D eigenvalue weighted by molar-refractivity contribution is 7.23. The van der Waals surface area contributed by atoms with Crippen molar-refractivity contribution in [2.24, 2.45) is 0 Å². The van der Waals surface area contributed by atoms with Gasteiger partial charge in [-0.15, -0.1) is 11.3 Å². The molecule has 0 bridgehead atoms. The van der Waals surface area contributed by atoms with E-state index in [9.17, 15) is 4.79 Å². The van der Waals surface area contributed by atoms with Gasteiger partial charge in [-0.2, -0.15) is 0 Å². The maximum Gasteiger partial charge on any atom is 0.153 e. The zero-order chi connectivity index (χ0) is 8.55. The number of hydrogen-bond acceptors (Lipinski definition) is 2. The zero-order valence-electron chi connectivity index (χ0n) is 6.08. The highest BCUT2D eigenvalue weighted by atomic mass is 35.5. The van der Waals surface area contributed by atoms with Crippen LogP contribution in [0.2, 0.25) is 4.34 Å². The Morgan fingerprint density at radius 1 is 1.33 bits per heavy atom. The fourth-order valence-electron chi connectivity index (χ4n) is 1.15. The number of carbonyl (C=O) groups excluding carboxylic acids is 1. The molecule has 0 saturated carbocycles. The number of thiophene rings is 1. The molecule has 60 valence electrons. The first-order valence-electron chi connectivity index (χ1n) is 3.45. The van der Waals surface area contributed by atoms with Crippen LogP contribution in [0.4, 0.5) is 0 Å². The minimum absolute atomic E-state index is 0.575. The molecule has 0 atom stereocenters. The second-order valence-corrected chi connectivity index (χ2v) is 4.06. The lowest BCUT2D eigenvalue weighted by Gasteiger charge is -1.86. The SMILES string of the molecule is O=Cc1c(Cl)sc2ccccc12. The molecular formula is C9H5ClOS. The highest BCUT2D eigenvalue weighted by Crippen LogP contribution is 2.33. The summed E-state index contributed by atoms with van der Waals surface area (Å²) in [5, 5.41) is 0.947. The summed E-state index contributed by atoms with van der Waals surface area (Å²) >= 11 is 7.29. The Labute approximate surface area is 78.6 Å². The van der Waals surface area contributed by atoms with Crippen LogP contribution in [0, 0.1) is 0 Å². The van der Waals surface area contributed by atoms with Gasteiger partial charge in [0.05, 0.1) is 5.56 Å². The van der Waals surface area contributed by atoms with Gasteiger partial charge in [0.2, 0.25) is 0 Å². The molecule has 1 aromatic carbocycles. The Kier molecular flexibility index (Phi) is 1.87. The van der Waals surface area contributed by atoms with Gasteiger partial charge in [0.25, 0.3) is 0 Å². The lowest BCUT2D eigenvalue weighted by atomic mass is 10.2. The van der Waals surface area contributed by atoms with Crippen molar-refractivity contribution < 1.29 is 4.79 Å². The maximum absolute atomic E-state index is 10.6. The second-order valence-electron chi connectivity index (χ2n) is 2.40. The van der Waals surface area contributed by atoms with Crippen LogP contribution in [0.15, 0.2) is 24.3 Å². The zero-order valence-corrected chi connectivity index (χ0v) is 7.65.